The highest BCUT2D eigenvalue weighted by atomic mass is 16.2. The maximum atomic E-state index is 11.2. The molecule has 1 N–H and O–H groups in total. The molecule has 1 aromatic rings. The van der Waals surface area contributed by atoms with Gasteiger partial charge < -0.3 is 10.1 Å². The molecule has 0 saturated heterocycles. The number of rotatable bonds is 4. The van der Waals surface area contributed by atoms with Gasteiger partial charge in [-0.3, -0.25) is 9.78 Å². The summed E-state index contributed by atoms with van der Waals surface area (Å²) < 4.78 is 0. The summed E-state index contributed by atoms with van der Waals surface area (Å²) in [6, 6.07) is 0. The van der Waals surface area contributed by atoms with E-state index in [0.29, 0.717) is 13.0 Å². The van der Waals surface area contributed by atoms with Crippen LogP contribution < -0.4 is 5.32 Å². The van der Waals surface area contributed by atoms with Crippen LogP contribution in [0.25, 0.3) is 0 Å². The van der Waals surface area contributed by atoms with Crippen molar-refractivity contribution < 1.29 is 9.59 Å². The van der Waals surface area contributed by atoms with Crippen LogP contribution in [0.3, 0.4) is 0 Å². The van der Waals surface area contributed by atoms with Gasteiger partial charge in [0.1, 0.15) is 12.0 Å². The molecule has 0 fully saturated rings. The zero-order chi connectivity index (χ0) is 9.52. The second-order valence-corrected chi connectivity index (χ2v) is 2.30. The third kappa shape index (κ3) is 2.98. The van der Waals surface area contributed by atoms with Gasteiger partial charge in [0.25, 0.3) is 5.91 Å². The van der Waals surface area contributed by atoms with E-state index < -0.39 is 0 Å². The molecule has 0 aromatic carbocycles. The van der Waals surface area contributed by atoms with E-state index in [1.54, 1.807) is 0 Å². The van der Waals surface area contributed by atoms with Gasteiger partial charge in [0.15, 0.2) is 0 Å². The second kappa shape index (κ2) is 4.97. The molecule has 1 aromatic heterocycles. The third-order valence-electron chi connectivity index (χ3n) is 1.34. The van der Waals surface area contributed by atoms with E-state index in [4.69, 9.17) is 0 Å². The van der Waals surface area contributed by atoms with E-state index in [9.17, 15) is 9.59 Å². The fourth-order valence-corrected chi connectivity index (χ4v) is 0.752. The fraction of sp³-hybridized carbons (Fsp3) is 0.250. The number of aromatic nitrogens is 2. The van der Waals surface area contributed by atoms with Gasteiger partial charge in [-0.05, 0) is 0 Å². The van der Waals surface area contributed by atoms with Gasteiger partial charge in [0.2, 0.25) is 0 Å². The van der Waals surface area contributed by atoms with Crippen LogP contribution in [0, 0.1) is 0 Å². The molecule has 13 heavy (non-hydrogen) atoms. The molecule has 0 aliphatic heterocycles. The Labute approximate surface area is 75.2 Å². The number of nitrogens with zero attached hydrogens (tertiary/aromatic N) is 2. The first-order valence-corrected chi connectivity index (χ1v) is 3.82. The highest BCUT2D eigenvalue weighted by molar-refractivity contribution is 5.91. The second-order valence-electron chi connectivity index (χ2n) is 2.30. The Morgan fingerprint density at radius 3 is 3.00 bits per heavy atom. The van der Waals surface area contributed by atoms with Gasteiger partial charge in [0.05, 0.1) is 6.20 Å². The summed E-state index contributed by atoms with van der Waals surface area (Å²) in [5.41, 5.74) is 0.258. The molecule has 5 heteroatoms. The van der Waals surface area contributed by atoms with Crippen molar-refractivity contribution in [2.75, 3.05) is 6.54 Å². The summed E-state index contributed by atoms with van der Waals surface area (Å²) >= 11 is 0. The lowest BCUT2D eigenvalue weighted by Crippen LogP contribution is -2.25. The minimum Gasteiger partial charge on any atom is -0.350 e. The molecule has 0 atom stereocenters. The van der Waals surface area contributed by atoms with Gasteiger partial charge in [-0.1, -0.05) is 0 Å². The smallest absolute Gasteiger partial charge is 0.271 e. The molecule has 0 unspecified atom stereocenters. The molecule has 0 bridgehead atoms. The summed E-state index contributed by atoms with van der Waals surface area (Å²) in [6.07, 6.45) is 5.36. The monoisotopic (exact) mass is 179 g/mol. The van der Waals surface area contributed by atoms with Crippen molar-refractivity contribution in [2.45, 2.75) is 6.42 Å². The number of carbonyl (C=O) groups excluding carboxylic acids is 2. The normalized spacial score (nSPS) is 9.23. The van der Waals surface area contributed by atoms with Crippen LogP contribution in [0.1, 0.15) is 16.9 Å². The Morgan fingerprint density at radius 1 is 1.54 bits per heavy atom. The van der Waals surface area contributed by atoms with Crippen LogP contribution in [0.2, 0.25) is 0 Å². The van der Waals surface area contributed by atoms with Crippen molar-refractivity contribution in [2.24, 2.45) is 0 Å². The van der Waals surface area contributed by atoms with Crippen molar-refractivity contribution in [1.82, 2.24) is 15.3 Å². The van der Waals surface area contributed by atoms with E-state index in [-0.39, 0.29) is 11.6 Å². The zero-order valence-electron chi connectivity index (χ0n) is 6.93. The molecule has 0 spiro atoms. The average Bonchev–Trinajstić information content (AvgIpc) is 2.19. The van der Waals surface area contributed by atoms with Crippen molar-refractivity contribution in [3.63, 3.8) is 0 Å². The van der Waals surface area contributed by atoms with Crippen molar-refractivity contribution >= 4 is 12.2 Å². The lowest BCUT2D eigenvalue weighted by Gasteiger charge is -2.00. The molecule has 5 nitrogen and oxygen atoms in total. The molecule has 0 aliphatic rings. The van der Waals surface area contributed by atoms with E-state index in [2.05, 4.69) is 15.3 Å². The minimum atomic E-state index is -0.310. The van der Waals surface area contributed by atoms with Crippen molar-refractivity contribution in [1.29, 1.82) is 0 Å². The van der Waals surface area contributed by atoms with Gasteiger partial charge in [-0.2, -0.15) is 0 Å². The maximum absolute atomic E-state index is 11.2. The van der Waals surface area contributed by atoms with Crippen LogP contribution >= 0.6 is 0 Å². The van der Waals surface area contributed by atoms with Crippen LogP contribution in [0.5, 0.6) is 0 Å². The molecule has 0 saturated carbocycles. The predicted molar refractivity (Wildman–Crippen MR) is 45.0 cm³/mol. The number of nitrogens with one attached hydrogen (secondary N) is 1. The highest BCUT2D eigenvalue weighted by Crippen LogP contribution is 1.88. The first-order chi connectivity index (χ1) is 6.34. The number of amides is 1. The number of hydrogen-bond donors (Lipinski definition) is 1. The van der Waals surface area contributed by atoms with Crippen LogP contribution in [-0.4, -0.2) is 28.7 Å². The lowest BCUT2D eigenvalue weighted by atomic mass is 10.4. The Morgan fingerprint density at radius 2 is 2.38 bits per heavy atom. The fourth-order valence-electron chi connectivity index (χ4n) is 0.752. The maximum Gasteiger partial charge on any atom is 0.271 e. The van der Waals surface area contributed by atoms with Crippen molar-refractivity contribution in [3.8, 4) is 0 Å². The minimum absolute atomic E-state index is 0.258. The summed E-state index contributed by atoms with van der Waals surface area (Å²) in [4.78, 5) is 28.7. The Bertz CT molecular complexity index is 287. The third-order valence-corrected chi connectivity index (χ3v) is 1.34. The lowest BCUT2D eigenvalue weighted by molar-refractivity contribution is -0.107. The summed E-state index contributed by atoms with van der Waals surface area (Å²) in [7, 11) is 0. The molecule has 0 aliphatic carbocycles. The average molecular weight is 179 g/mol. The Balaban J connectivity index is 2.45. The molecule has 1 heterocycles. The molecule has 68 valence electrons. The largest absolute Gasteiger partial charge is 0.350 e. The van der Waals surface area contributed by atoms with E-state index in [0.717, 1.165) is 6.29 Å². The molecule has 0 radical (unpaired) electrons. The van der Waals surface area contributed by atoms with Crippen LogP contribution in [0.15, 0.2) is 18.6 Å². The Kier molecular flexibility index (Phi) is 3.56. The van der Waals surface area contributed by atoms with Gasteiger partial charge in [-0.25, -0.2) is 4.98 Å². The molecule has 1 rings (SSSR count). The van der Waals surface area contributed by atoms with E-state index >= 15 is 0 Å². The van der Waals surface area contributed by atoms with Gasteiger partial charge in [0, 0.05) is 25.4 Å². The van der Waals surface area contributed by atoms with E-state index in [1.165, 1.54) is 18.6 Å². The van der Waals surface area contributed by atoms with Gasteiger partial charge >= 0.3 is 0 Å². The summed E-state index contributed by atoms with van der Waals surface area (Å²) in [6.45, 7) is 0.332. The Hall–Kier alpha value is -1.78. The topological polar surface area (TPSA) is 72.0 Å². The summed E-state index contributed by atoms with van der Waals surface area (Å²) in [5.74, 6) is -0.310. The number of aldehydes is 1. The SMILES string of the molecule is O=CCCNC(=O)c1cnccn1. The first kappa shape index (κ1) is 9.31. The van der Waals surface area contributed by atoms with Crippen molar-refractivity contribution in [3.05, 3.63) is 24.3 Å². The standard InChI is InChI=1S/C8H9N3O2/c12-5-1-2-11-8(13)7-6-9-3-4-10-7/h3-6H,1-2H2,(H,11,13). The number of carbonyl (C=O) groups is 2. The van der Waals surface area contributed by atoms with E-state index in [1.807, 2.05) is 0 Å². The number of hydrogen-bond acceptors (Lipinski definition) is 4. The quantitative estimate of drug-likeness (QED) is 0.513. The first-order valence-electron chi connectivity index (χ1n) is 3.82. The predicted octanol–water partition coefficient (Wildman–Crippen LogP) is -0.205. The zero-order valence-corrected chi connectivity index (χ0v) is 6.93. The highest BCUT2D eigenvalue weighted by Gasteiger charge is 2.04. The molecular weight excluding hydrogens is 170 g/mol. The molecular formula is C8H9N3O2. The van der Waals surface area contributed by atoms with Gasteiger partial charge in [-0.15, -0.1) is 0 Å². The summed E-state index contributed by atoms with van der Waals surface area (Å²) in [5, 5.41) is 2.53. The van der Waals surface area contributed by atoms with Crippen LogP contribution in [-0.2, 0) is 4.79 Å². The molecule has 1 amide bonds. The van der Waals surface area contributed by atoms with Crippen LogP contribution in [0.4, 0.5) is 0 Å².